The summed E-state index contributed by atoms with van der Waals surface area (Å²) >= 11 is 2.01. The number of hydrogen-bond acceptors (Lipinski definition) is 3. The van der Waals surface area contributed by atoms with Gasteiger partial charge < -0.3 is 0 Å². The van der Waals surface area contributed by atoms with Crippen molar-refractivity contribution >= 4 is 34.1 Å². The highest BCUT2D eigenvalue weighted by Gasteiger charge is 2.61. The monoisotopic (exact) mass is 444 g/mol. The molecule has 2 aromatic carbocycles. The van der Waals surface area contributed by atoms with Crippen LogP contribution in [0.1, 0.15) is 58.8 Å². The first-order chi connectivity index (χ1) is 15.4. The number of carbonyl (C=O) groups is 2. The minimum atomic E-state index is -0.134. The van der Waals surface area contributed by atoms with Gasteiger partial charge in [-0.2, -0.15) is 0 Å². The maximum absolute atomic E-state index is 13.0. The van der Waals surface area contributed by atoms with Gasteiger partial charge in [0.25, 0.3) is 0 Å². The summed E-state index contributed by atoms with van der Waals surface area (Å²) in [6.07, 6.45) is 8.64. The molecule has 3 saturated carbocycles. The standard InChI is InChI=1S/C29H32O2S/c1-28-13-11-21(30)16-20(28)17-25(32-22-8-7-18-5-3-4-6-19(18)15-22)27-23-9-10-26(31)29(23,2)14-12-24(27)28/h3-8,15-16,23-25,27H,9-14,17H2,1-2H3/t23-,24-,25+,27-,28-,29-/m0/s1. The summed E-state index contributed by atoms with van der Waals surface area (Å²) in [6, 6.07) is 15.4. The molecule has 0 aliphatic heterocycles. The van der Waals surface area contributed by atoms with Crippen LogP contribution in [0.2, 0.25) is 0 Å². The van der Waals surface area contributed by atoms with Gasteiger partial charge in [-0.1, -0.05) is 49.8 Å². The van der Waals surface area contributed by atoms with Gasteiger partial charge in [0.15, 0.2) is 5.78 Å². The summed E-state index contributed by atoms with van der Waals surface area (Å²) in [6.45, 7) is 4.69. The van der Waals surface area contributed by atoms with Crippen LogP contribution in [0, 0.1) is 28.6 Å². The lowest BCUT2D eigenvalue weighted by Crippen LogP contribution is -2.54. The number of ketones is 2. The minimum Gasteiger partial charge on any atom is -0.299 e. The summed E-state index contributed by atoms with van der Waals surface area (Å²) in [4.78, 5) is 26.7. The van der Waals surface area contributed by atoms with Gasteiger partial charge >= 0.3 is 0 Å². The van der Waals surface area contributed by atoms with Crippen molar-refractivity contribution < 1.29 is 9.59 Å². The fourth-order valence-corrected chi connectivity index (χ4v) is 9.30. The Morgan fingerprint density at radius 1 is 0.875 bits per heavy atom. The predicted octanol–water partition coefficient (Wildman–Crippen LogP) is 7.01. The molecule has 6 atom stereocenters. The van der Waals surface area contributed by atoms with E-state index in [-0.39, 0.29) is 10.8 Å². The molecule has 2 nitrogen and oxygen atoms in total. The second-order valence-electron chi connectivity index (χ2n) is 11.1. The van der Waals surface area contributed by atoms with Crippen LogP contribution in [0.3, 0.4) is 0 Å². The molecule has 0 saturated heterocycles. The number of allylic oxidation sites excluding steroid dienone is 1. The lowest BCUT2D eigenvalue weighted by molar-refractivity contribution is -0.132. The topological polar surface area (TPSA) is 34.1 Å². The van der Waals surface area contributed by atoms with Crippen LogP contribution >= 0.6 is 11.8 Å². The van der Waals surface area contributed by atoms with Crippen LogP contribution in [0.25, 0.3) is 10.8 Å². The number of thioether (sulfide) groups is 1. The zero-order chi connectivity index (χ0) is 22.1. The van der Waals surface area contributed by atoms with E-state index in [1.54, 1.807) is 0 Å². The van der Waals surface area contributed by atoms with Gasteiger partial charge in [-0.25, -0.2) is 0 Å². The van der Waals surface area contributed by atoms with Crippen LogP contribution in [-0.2, 0) is 9.59 Å². The Morgan fingerprint density at radius 2 is 1.66 bits per heavy atom. The van der Waals surface area contributed by atoms with E-state index in [0.717, 1.165) is 38.5 Å². The van der Waals surface area contributed by atoms with E-state index in [0.29, 0.717) is 41.0 Å². The van der Waals surface area contributed by atoms with Crippen molar-refractivity contribution in [2.75, 3.05) is 0 Å². The number of rotatable bonds is 2. The van der Waals surface area contributed by atoms with E-state index in [9.17, 15) is 9.59 Å². The Morgan fingerprint density at radius 3 is 2.50 bits per heavy atom. The van der Waals surface area contributed by atoms with E-state index in [1.807, 2.05) is 17.8 Å². The first-order valence-electron chi connectivity index (χ1n) is 12.3. The van der Waals surface area contributed by atoms with Crippen LogP contribution in [-0.4, -0.2) is 16.8 Å². The summed E-state index contributed by atoms with van der Waals surface area (Å²) in [5.41, 5.74) is 1.39. The lowest BCUT2D eigenvalue weighted by Gasteiger charge is -2.59. The SMILES string of the molecule is C[C@]12CCC(=O)C=C1C[C@@H](Sc1ccc3ccccc3c1)[C@@H]1[C@@H]2CC[C@]2(C)C(=O)CC[C@@H]12. The number of carbonyl (C=O) groups excluding carboxylic acids is 2. The Hall–Kier alpha value is -1.87. The highest BCUT2D eigenvalue weighted by molar-refractivity contribution is 8.00. The fourth-order valence-electron chi connectivity index (χ4n) is 7.81. The zero-order valence-corrected chi connectivity index (χ0v) is 19.9. The molecule has 0 amide bonds. The normalized spacial score (nSPS) is 38.8. The van der Waals surface area contributed by atoms with Gasteiger partial charge in [-0.15, -0.1) is 11.8 Å². The van der Waals surface area contributed by atoms with Gasteiger partial charge in [0.2, 0.25) is 0 Å². The summed E-state index contributed by atoms with van der Waals surface area (Å²) < 4.78 is 0. The van der Waals surface area contributed by atoms with Crippen molar-refractivity contribution in [2.45, 2.75) is 68.9 Å². The molecular formula is C29H32O2S. The maximum atomic E-state index is 13.0. The summed E-state index contributed by atoms with van der Waals surface area (Å²) in [7, 11) is 0. The molecule has 4 aliphatic carbocycles. The van der Waals surface area contributed by atoms with Crippen LogP contribution < -0.4 is 0 Å². The highest BCUT2D eigenvalue weighted by Crippen LogP contribution is 2.66. The molecule has 3 heteroatoms. The second kappa shape index (κ2) is 7.32. The molecular weight excluding hydrogens is 412 g/mol. The largest absolute Gasteiger partial charge is 0.299 e. The Balaban J connectivity index is 1.41. The molecule has 0 spiro atoms. The number of benzene rings is 2. The number of fused-ring (bicyclic) bond motifs is 6. The Bertz CT molecular complexity index is 1150. The molecule has 0 N–H and O–H groups in total. The third kappa shape index (κ3) is 3.00. The minimum absolute atomic E-state index is 0.131. The maximum Gasteiger partial charge on any atom is 0.155 e. The first-order valence-corrected chi connectivity index (χ1v) is 13.2. The number of hydrogen-bond donors (Lipinski definition) is 0. The van der Waals surface area contributed by atoms with Crippen molar-refractivity contribution in [1.29, 1.82) is 0 Å². The molecule has 0 heterocycles. The predicted molar refractivity (Wildman–Crippen MR) is 131 cm³/mol. The molecule has 0 radical (unpaired) electrons. The molecule has 0 aromatic heterocycles. The van der Waals surface area contributed by atoms with Gasteiger partial charge in [-0.05, 0) is 84.3 Å². The molecule has 32 heavy (non-hydrogen) atoms. The Kier molecular flexibility index (Phi) is 4.74. The smallest absolute Gasteiger partial charge is 0.155 e. The van der Waals surface area contributed by atoms with Crippen molar-refractivity contribution in [1.82, 2.24) is 0 Å². The quantitative estimate of drug-likeness (QED) is 0.499. The third-order valence-electron chi connectivity index (χ3n) is 9.68. The van der Waals surface area contributed by atoms with Gasteiger partial charge in [0.1, 0.15) is 5.78 Å². The van der Waals surface area contributed by atoms with Gasteiger partial charge in [-0.3, -0.25) is 9.59 Å². The molecule has 166 valence electrons. The molecule has 4 aliphatic rings. The average molecular weight is 445 g/mol. The van der Waals surface area contributed by atoms with Crippen molar-refractivity contribution in [3.63, 3.8) is 0 Å². The molecule has 2 aromatic rings. The summed E-state index contributed by atoms with van der Waals surface area (Å²) in [5, 5.41) is 2.99. The molecule has 3 fully saturated rings. The van der Waals surface area contributed by atoms with Crippen LogP contribution in [0.15, 0.2) is 59.0 Å². The first kappa shape index (κ1) is 20.7. The van der Waals surface area contributed by atoms with Crippen LogP contribution in [0.5, 0.6) is 0 Å². The van der Waals surface area contributed by atoms with Gasteiger partial charge in [0, 0.05) is 28.4 Å². The summed E-state index contributed by atoms with van der Waals surface area (Å²) in [5.74, 6) is 2.43. The second-order valence-corrected chi connectivity index (χ2v) is 12.4. The highest BCUT2D eigenvalue weighted by atomic mass is 32.2. The van der Waals surface area contributed by atoms with E-state index in [4.69, 9.17) is 0 Å². The van der Waals surface area contributed by atoms with E-state index in [1.165, 1.54) is 21.2 Å². The van der Waals surface area contributed by atoms with Crippen molar-refractivity contribution in [2.24, 2.45) is 28.6 Å². The van der Waals surface area contributed by atoms with Crippen molar-refractivity contribution in [3.8, 4) is 0 Å². The van der Waals surface area contributed by atoms with Crippen molar-refractivity contribution in [3.05, 3.63) is 54.1 Å². The average Bonchev–Trinajstić information content (AvgIpc) is 3.09. The van der Waals surface area contributed by atoms with E-state index < -0.39 is 0 Å². The number of Topliss-reactive ketones (excluding diaryl/α,β-unsaturated/α-hetero) is 1. The molecule has 0 unspecified atom stereocenters. The Labute approximate surface area is 195 Å². The molecule has 6 rings (SSSR count). The van der Waals surface area contributed by atoms with Gasteiger partial charge in [0.05, 0.1) is 0 Å². The van der Waals surface area contributed by atoms with Crippen LogP contribution in [0.4, 0.5) is 0 Å². The van der Waals surface area contributed by atoms with E-state index >= 15 is 0 Å². The van der Waals surface area contributed by atoms with E-state index in [2.05, 4.69) is 56.3 Å². The molecule has 0 bridgehead atoms. The lowest BCUT2D eigenvalue weighted by atomic mass is 9.47. The third-order valence-corrected chi connectivity index (χ3v) is 11.0. The fraction of sp³-hybridized carbons (Fsp3) is 0.517. The zero-order valence-electron chi connectivity index (χ0n) is 19.1.